The van der Waals surface area contributed by atoms with Gasteiger partial charge in [0.1, 0.15) is 28.1 Å². The molecule has 0 aliphatic carbocycles. The van der Waals surface area contributed by atoms with Gasteiger partial charge >= 0.3 is 5.97 Å². The number of carbonyl (C=O) groups excluding carboxylic acids is 1. The second kappa shape index (κ2) is 4.77. The molecule has 0 bridgehead atoms. The van der Waals surface area contributed by atoms with Gasteiger partial charge in [-0.15, -0.1) is 0 Å². The number of carbonyl (C=O) groups is 1. The zero-order chi connectivity index (χ0) is 16.0. The van der Waals surface area contributed by atoms with Gasteiger partial charge in [-0.1, -0.05) is 0 Å². The van der Waals surface area contributed by atoms with E-state index in [9.17, 15) is 19.8 Å². The second-order valence-electron chi connectivity index (χ2n) is 4.95. The number of ether oxygens (including phenoxy) is 1. The molecular weight excluding hydrogens is 288 g/mol. The number of benzene rings is 2. The molecule has 2 N–H and O–H groups in total. The normalized spacial score (nSPS) is 11.0. The van der Waals surface area contributed by atoms with E-state index in [1.54, 1.807) is 13.0 Å². The predicted octanol–water partition coefficient (Wildman–Crippen LogP) is 2.45. The summed E-state index contributed by atoms with van der Waals surface area (Å²) in [5.41, 5.74) is 0.252. The fraction of sp³-hybridized carbons (Fsp3) is 0.125. The lowest BCUT2D eigenvalue weighted by atomic mass is 10.0. The zero-order valence-corrected chi connectivity index (χ0v) is 11.8. The van der Waals surface area contributed by atoms with Crippen LogP contribution in [0.2, 0.25) is 0 Å². The molecule has 0 spiro atoms. The maximum Gasteiger partial charge on any atom is 0.338 e. The maximum atomic E-state index is 12.7. The number of aryl methyl sites for hydroxylation is 1. The molecule has 1 heterocycles. The van der Waals surface area contributed by atoms with Gasteiger partial charge in [0.25, 0.3) is 0 Å². The first-order chi connectivity index (χ1) is 10.4. The highest BCUT2D eigenvalue weighted by Crippen LogP contribution is 2.30. The molecule has 0 atom stereocenters. The van der Waals surface area contributed by atoms with Crippen molar-refractivity contribution in [2.45, 2.75) is 6.92 Å². The van der Waals surface area contributed by atoms with Gasteiger partial charge in [-0.3, -0.25) is 4.79 Å². The van der Waals surface area contributed by atoms with Crippen LogP contribution in [-0.2, 0) is 4.74 Å². The third-order valence-electron chi connectivity index (χ3n) is 3.39. The first kappa shape index (κ1) is 13.9. The smallest absolute Gasteiger partial charge is 0.338 e. The van der Waals surface area contributed by atoms with Crippen LogP contribution in [0, 0.1) is 6.92 Å². The van der Waals surface area contributed by atoms with Gasteiger partial charge < -0.3 is 19.4 Å². The molecule has 0 amide bonds. The topological polar surface area (TPSA) is 97.0 Å². The summed E-state index contributed by atoms with van der Waals surface area (Å²) in [6.07, 6.45) is 0. The molecule has 6 nitrogen and oxygen atoms in total. The molecule has 3 rings (SSSR count). The van der Waals surface area contributed by atoms with Gasteiger partial charge in [0.05, 0.1) is 18.1 Å². The molecule has 0 saturated heterocycles. The van der Waals surface area contributed by atoms with E-state index in [-0.39, 0.29) is 39.0 Å². The van der Waals surface area contributed by atoms with Crippen molar-refractivity contribution >= 4 is 27.9 Å². The van der Waals surface area contributed by atoms with Crippen LogP contribution in [0.4, 0.5) is 0 Å². The van der Waals surface area contributed by atoms with Crippen molar-refractivity contribution in [1.82, 2.24) is 0 Å². The van der Waals surface area contributed by atoms with Crippen LogP contribution in [0.3, 0.4) is 0 Å². The Hall–Kier alpha value is -3.02. The van der Waals surface area contributed by atoms with E-state index in [4.69, 9.17) is 4.42 Å². The number of hydrogen-bond acceptors (Lipinski definition) is 6. The minimum atomic E-state index is -0.779. The predicted molar refractivity (Wildman–Crippen MR) is 79.4 cm³/mol. The highest BCUT2D eigenvalue weighted by atomic mass is 16.5. The van der Waals surface area contributed by atoms with Crippen LogP contribution in [0.5, 0.6) is 11.5 Å². The van der Waals surface area contributed by atoms with Crippen molar-refractivity contribution in [3.8, 4) is 11.5 Å². The number of fused-ring (bicyclic) bond motifs is 2. The van der Waals surface area contributed by atoms with Gasteiger partial charge in [0.15, 0.2) is 0 Å². The Bertz CT molecular complexity index is 983. The van der Waals surface area contributed by atoms with E-state index in [1.807, 2.05) is 0 Å². The van der Waals surface area contributed by atoms with Crippen LogP contribution < -0.4 is 5.43 Å². The number of aromatic hydroxyl groups is 2. The van der Waals surface area contributed by atoms with Crippen LogP contribution >= 0.6 is 0 Å². The first-order valence-electron chi connectivity index (χ1n) is 6.44. The summed E-state index contributed by atoms with van der Waals surface area (Å²) in [5.74, 6) is -1.24. The van der Waals surface area contributed by atoms with Crippen molar-refractivity contribution in [3.05, 3.63) is 45.6 Å². The first-order valence-corrected chi connectivity index (χ1v) is 6.44. The molecule has 0 unspecified atom stereocenters. The number of esters is 1. The molecule has 0 radical (unpaired) electrons. The summed E-state index contributed by atoms with van der Waals surface area (Å²) in [5, 5.41) is 19.7. The van der Waals surface area contributed by atoms with Crippen LogP contribution in [0.15, 0.2) is 33.5 Å². The number of phenols is 2. The highest BCUT2D eigenvalue weighted by molar-refractivity contribution is 6.06. The van der Waals surface area contributed by atoms with Crippen LogP contribution in [0.1, 0.15) is 15.9 Å². The summed E-state index contributed by atoms with van der Waals surface area (Å²) in [6.45, 7) is 1.74. The Kier molecular flexibility index (Phi) is 3.02. The molecule has 112 valence electrons. The molecule has 0 fully saturated rings. The molecule has 3 aromatic rings. The van der Waals surface area contributed by atoms with E-state index in [2.05, 4.69) is 4.74 Å². The van der Waals surface area contributed by atoms with Crippen molar-refractivity contribution in [3.63, 3.8) is 0 Å². The number of rotatable bonds is 1. The lowest BCUT2D eigenvalue weighted by Gasteiger charge is -2.08. The van der Waals surface area contributed by atoms with Crippen molar-refractivity contribution in [1.29, 1.82) is 0 Å². The molecular formula is C16H12O6. The van der Waals surface area contributed by atoms with Crippen molar-refractivity contribution in [2.75, 3.05) is 7.11 Å². The minimum absolute atomic E-state index is 0.0195. The Morgan fingerprint density at radius 3 is 2.45 bits per heavy atom. The van der Waals surface area contributed by atoms with E-state index >= 15 is 0 Å². The van der Waals surface area contributed by atoms with Crippen molar-refractivity contribution < 1.29 is 24.2 Å². The van der Waals surface area contributed by atoms with E-state index < -0.39 is 11.4 Å². The molecule has 1 aromatic heterocycles. The summed E-state index contributed by atoms with van der Waals surface area (Å²) < 4.78 is 10.2. The Labute approximate surface area is 124 Å². The molecule has 0 aliphatic rings. The molecule has 22 heavy (non-hydrogen) atoms. The summed E-state index contributed by atoms with van der Waals surface area (Å²) in [6, 6.07) is 5.39. The number of methoxy groups -OCH3 is 1. The van der Waals surface area contributed by atoms with E-state index in [0.29, 0.717) is 5.56 Å². The Morgan fingerprint density at radius 2 is 1.77 bits per heavy atom. The van der Waals surface area contributed by atoms with Crippen LogP contribution in [0.25, 0.3) is 21.9 Å². The quantitative estimate of drug-likeness (QED) is 0.529. The average Bonchev–Trinajstić information content (AvgIpc) is 2.44. The standard InChI is InChI=1S/C16H12O6/c1-7-3-10(18)14-11(4-7)22-12-6-8(17)5-9(16(20)21-2)13(12)15(14)19/h3-6,17-18H,1-2H3. The Morgan fingerprint density at radius 1 is 1.09 bits per heavy atom. The number of hydrogen-bond donors (Lipinski definition) is 2. The summed E-state index contributed by atoms with van der Waals surface area (Å²) in [4.78, 5) is 24.5. The zero-order valence-electron chi connectivity index (χ0n) is 11.8. The van der Waals surface area contributed by atoms with Crippen molar-refractivity contribution in [2.24, 2.45) is 0 Å². The largest absolute Gasteiger partial charge is 0.508 e. The van der Waals surface area contributed by atoms with Gasteiger partial charge in [0.2, 0.25) is 5.43 Å². The van der Waals surface area contributed by atoms with E-state index in [1.165, 1.54) is 19.2 Å². The van der Waals surface area contributed by atoms with E-state index in [0.717, 1.165) is 6.07 Å². The number of phenolic OH excluding ortho intramolecular Hbond substituents is 2. The third-order valence-corrected chi connectivity index (χ3v) is 3.39. The third kappa shape index (κ3) is 1.96. The molecule has 0 aliphatic heterocycles. The summed E-state index contributed by atoms with van der Waals surface area (Å²) in [7, 11) is 1.17. The average molecular weight is 300 g/mol. The van der Waals surface area contributed by atoms with Gasteiger partial charge in [-0.05, 0) is 30.7 Å². The second-order valence-corrected chi connectivity index (χ2v) is 4.95. The van der Waals surface area contributed by atoms with Gasteiger partial charge in [0, 0.05) is 6.07 Å². The lowest BCUT2D eigenvalue weighted by Crippen LogP contribution is -2.10. The van der Waals surface area contributed by atoms with Gasteiger partial charge in [-0.2, -0.15) is 0 Å². The minimum Gasteiger partial charge on any atom is -0.508 e. The fourth-order valence-electron chi connectivity index (χ4n) is 2.47. The molecule has 6 heteroatoms. The maximum absolute atomic E-state index is 12.7. The molecule has 2 aromatic carbocycles. The van der Waals surface area contributed by atoms with Crippen LogP contribution in [-0.4, -0.2) is 23.3 Å². The molecule has 0 saturated carbocycles. The monoisotopic (exact) mass is 300 g/mol. The SMILES string of the molecule is COC(=O)c1cc(O)cc2oc3cc(C)cc(O)c3c(=O)c12. The summed E-state index contributed by atoms with van der Waals surface area (Å²) >= 11 is 0. The Balaban J connectivity index is 2.58. The lowest BCUT2D eigenvalue weighted by molar-refractivity contribution is 0.0602. The fourth-order valence-corrected chi connectivity index (χ4v) is 2.47. The van der Waals surface area contributed by atoms with Gasteiger partial charge in [-0.25, -0.2) is 4.79 Å². The highest BCUT2D eigenvalue weighted by Gasteiger charge is 2.20.